The Balaban J connectivity index is 1.96. The lowest BCUT2D eigenvalue weighted by atomic mass is 10.2. The SMILES string of the molecule is [2H]C#Cc1cccc(Nc2ncnc3cc(OCCOC)c(OCC([2H])([2H])OC([2H])([2H])[2H])cc23)c1. The number of rotatable bonds is 10. The maximum atomic E-state index is 7.81. The largest absolute Gasteiger partial charge is 0.487 e. The highest BCUT2D eigenvalue weighted by Crippen LogP contribution is 2.35. The zero-order chi connectivity index (χ0) is 25.5. The van der Waals surface area contributed by atoms with Crippen molar-refractivity contribution in [2.24, 2.45) is 0 Å². The molecule has 1 N–H and O–H groups in total. The Morgan fingerprint density at radius 1 is 1.14 bits per heavy atom. The zero-order valence-corrected chi connectivity index (χ0v) is 15.7. The van der Waals surface area contributed by atoms with Crippen LogP contribution in [0.4, 0.5) is 11.5 Å². The lowest BCUT2D eigenvalue weighted by Gasteiger charge is -2.15. The number of hydrogen-bond acceptors (Lipinski definition) is 7. The predicted molar refractivity (Wildman–Crippen MR) is 112 cm³/mol. The van der Waals surface area contributed by atoms with Crippen molar-refractivity contribution in [2.45, 2.75) is 0 Å². The number of nitrogens with zero attached hydrogens (tertiary/aromatic N) is 2. The van der Waals surface area contributed by atoms with Gasteiger partial charge in [0, 0.05) is 36.9 Å². The molecular formula is C22H23N3O4. The normalized spacial score (nSPS) is 14.2. The van der Waals surface area contributed by atoms with E-state index in [2.05, 4.69) is 32.3 Å². The molecule has 1 aromatic heterocycles. The average molecular weight is 399 g/mol. The molecule has 150 valence electrons. The monoisotopic (exact) mass is 399 g/mol. The molecule has 7 heteroatoms. The molecule has 0 saturated carbocycles. The van der Waals surface area contributed by atoms with Crippen molar-refractivity contribution in [3.63, 3.8) is 0 Å². The summed E-state index contributed by atoms with van der Waals surface area (Å²) in [5, 5.41) is 3.72. The molecule has 1 heterocycles. The van der Waals surface area contributed by atoms with Gasteiger partial charge >= 0.3 is 0 Å². The first-order chi connectivity index (χ1) is 16.6. The smallest absolute Gasteiger partial charge is 0.163 e. The molecule has 0 saturated heterocycles. The van der Waals surface area contributed by atoms with E-state index in [1.807, 2.05) is 6.07 Å². The Bertz CT molecular complexity index is 1230. The highest BCUT2D eigenvalue weighted by atomic mass is 16.5. The molecular weight excluding hydrogens is 370 g/mol. The van der Waals surface area contributed by atoms with Gasteiger partial charge in [-0.2, -0.15) is 0 Å². The van der Waals surface area contributed by atoms with Gasteiger partial charge in [-0.15, -0.1) is 6.40 Å². The molecule has 0 aliphatic rings. The van der Waals surface area contributed by atoms with Crippen molar-refractivity contribution >= 4 is 22.4 Å². The van der Waals surface area contributed by atoms with Crippen LogP contribution in [0.1, 0.15) is 13.8 Å². The van der Waals surface area contributed by atoms with Crippen LogP contribution in [0.2, 0.25) is 0 Å². The van der Waals surface area contributed by atoms with E-state index in [-0.39, 0.29) is 18.1 Å². The summed E-state index contributed by atoms with van der Waals surface area (Å²) in [5.74, 6) is 3.50. The minimum atomic E-state index is -2.93. The van der Waals surface area contributed by atoms with Crippen LogP contribution in [0.3, 0.4) is 0 Å². The number of methoxy groups -OCH3 is 2. The van der Waals surface area contributed by atoms with Crippen molar-refractivity contribution < 1.29 is 27.2 Å². The third kappa shape index (κ3) is 5.35. The number of hydrogen-bond donors (Lipinski definition) is 1. The number of nitrogens with one attached hydrogen (secondary N) is 1. The second-order valence-electron chi connectivity index (χ2n) is 5.75. The lowest BCUT2D eigenvalue weighted by Crippen LogP contribution is -2.09. The molecule has 0 aliphatic carbocycles. The summed E-state index contributed by atoms with van der Waals surface area (Å²) in [5.41, 5.74) is 1.85. The molecule has 2 aromatic carbocycles. The first-order valence-electron chi connectivity index (χ1n) is 11.6. The number of fused-ring (bicyclic) bond motifs is 1. The quantitative estimate of drug-likeness (QED) is 0.414. The molecule has 29 heavy (non-hydrogen) atoms. The molecule has 7 nitrogen and oxygen atoms in total. The fourth-order valence-corrected chi connectivity index (χ4v) is 2.57. The fourth-order valence-electron chi connectivity index (χ4n) is 2.57. The molecule has 3 aromatic rings. The van der Waals surface area contributed by atoms with Crippen molar-refractivity contribution in [1.82, 2.24) is 9.97 Å². The molecule has 0 amide bonds. The maximum absolute atomic E-state index is 7.81. The van der Waals surface area contributed by atoms with Gasteiger partial charge in [0.25, 0.3) is 0 Å². The summed E-state index contributed by atoms with van der Waals surface area (Å²) >= 11 is 0. The molecule has 0 bridgehead atoms. The van der Waals surface area contributed by atoms with E-state index in [0.29, 0.717) is 34.6 Å². The second-order valence-corrected chi connectivity index (χ2v) is 5.75. The molecule has 0 spiro atoms. The number of aromatic nitrogens is 2. The van der Waals surface area contributed by atoms with Crippen LogP contribution in [0.5, 0.6) is 11.5 Å². The van der Waals surface area contributed by atoms with Crippen molar-refractivity contribution in [3.05, 3.63) is 48.3 Å². The number of benzene rings is 2. The number of terminal acetylenes is 1. The number of ether oxygens (including phenoxy) is 4. The predicted octanol–water partition coefficient (Wildman–Crippen LogP) is 3.41. The molecule has 3 rings (SSSR count). The lowest BCUT2D eigenvalue weighted by molar-refractivity contribution is 0.132. The average Bonchev–Trinajstić information content (AvgIpc) is 2.77. The van der Waals surface area contributed by atoms with Gasteiger partial charge in [0.1, 0.15) is 26.7 Å². The minimum Gasteiger partial charge on any atom is -0.487 e. The summed E-state index contributed by atoms with van der Waals surface area (Å²) in [6.45, 7) is -2.80. The minimum absolute atomic E-state index is 0.137. The van der Waals surface area contributed by atoms with Crippen LogP contribution < -0.4 is 14.8 Å². The molecule has 0 atom stereocenters. The zero-order valence-electron chi connectivity index (χ0n) is 21.7. The van der Waals surface area contributed by atoms with E-state index in [4.69, 9.17) is 22.4 Å². The summed E-state index contributed by atoms with van der Waals surface area (Å²) in [6.07, 6.45) is 3.49. The van der Waals surface area contributed by atoms with Gasteiger partial charge in [0.05, 0.1) is 25.5 Å². The van der Waals surface area contributed by atoms with E-state index >= 15 is 0 Å². The van der Waals surface area contributed by atoms with Crippen LogP contribution in [-0.4, -0.2) is 50.5 Å². The maximum Gasteiger partial charge on any atom is 0.163 e. The van der Waals surface area contributed by atoms with Crippen LogP contribution in [-0.2, 0) is 9.47 Å². The van der Waals surface area contributed by atoms with Crippen molar-refractivity contribution in [3.8, 4) is 23.8 Å². The Morgan fingerprint density at radius 2 is 2.03 bits per heavy atom. The van der Waals surface area contributed by atoms with E-state index < -0.39 is 20.2 Å². The molecule has 0 fully saturated rings. The third-order valence-corrected chi connectivity index (χ3v) is 3.87. The Labute approximate surface area is 178 Å². The van der Waals surface area contributed by atoms with Gasteiger partial charge in [-0.3, -0.25) is 0 Å². The van der Waals surface area contributed by atoms with Gasteiger partial charge in [-0.25, -0.2) is 9.97 Å². The second kappa shape index (κ2) is 10.3. The molecule has 0 radical (unpaired) electrons. The van der Waals surface area contributed by atoms with Gasteiger partial charge in [0.15, 0.2) is 11.5 Å². The Morgan fingerprint density at radius 3 is 2.90 bits per heavy atom. The standard InChI is InChI=1S/C22H23N3O4/c1-4-16-6-5-7-17(12-16)25-22-18-13-20(28-10-8-26-2)21(29-11-9-27-3)14-19(18)23-15-24-22/h1,5-7,12-15H,8-11H2,2-3H3,(H,23,24,25)/i1D,2D3,8D2. The third-order valence-electron chi connectivity index (χ3n) is 3.87. The van der Waals surface area contributed by atoms with Crippen LogP contribution >= 0.6 is 0 Å². The van der Waals surface area contributed by atoms with Crippen LogP contribution in [0.25, 0.3) is 10.9 Å². The Kier molecular flexibility index (Phi) is 4.88. The molecule has 0 aliphatic heterocycles. The first-order valence-corrected chi connectivity index (χ1v) is 8.63. The topological polar surface area (TPSA) is 74.7 Å². The van der Waals surface area contributed by atoms with Gasteiger partial charge in [-0.1, -0.05) is 12.0 Å². The summed E-state index contributed by atoms with van der Waals surface area (Å²) in [4.78, 5) is 8.58. The summed E-state index contributed by atoms with van der Waals surface area (Å²) in [7, 11) is -1.41. The van der Waals surface area contributed by atoms with E-state index in [9.17, 15) is 0 Å². The number of anilines is 2. The van der Waals surface area contributed by atoms with E-state index in [1.165, 1.54) is 13.4 Å². The highest BCUT2D eigenvalue weighted by molar-refractivity contribution is 5.93. The summed E-state index contributed by atoms with van der Waals surface area (Å²) in [6, 6.07) is 10.3. The van der Waals surface area contributed by atoms with Crippen LogP contribution in [0.15, 0.2) is 42.7 Å². The Hall–Kier alpha value is -3.34. The van der Waals surface area contributed by atoms with E-state index in [0.717, 1.165) is 0 Å². The van der Waals surface area contributed by atoms with Crippen molar-refractivity contribution in [1.29, 1.82) is 0 Å². The molecule has 0 unspecified atom stereocenters. The van der Waals surface area contributed by atoms with Gasteiger partial charge in [0.2, 0.25) is 0 Å². The van der Waals surface area contributed by atoms with Gasteiger partial charge in [-0.05, 0) is 24.3 Å². The summed E-state index contributed by atoms with van der Waals surface area (Å²) < 4.78 is 64.9. The van der Waals surface area contributed by atoms with E-state index in [1.54, 1.807) is 30.3 Å². The fraction of sp³-hybridized carbons (Fsp3) is 0.273. The highest BCUT2D eigenvalue weighted by Gasteiger charge is 2.13. The van der Waals surface area contributed by atoms with Gasteiger partial charge < -0.3 is 24.3 Å². The van der Waals surface area contributed by atoms with Crippen LogP contribution in [0, 0.1) is 12.3 Å². The van der Waals surface area contributed by atoms with Crippen molar-refractivity contribution in [2.75, 3.05) is 45.8 Å². The first kappa shape index (κ1) is 13.8.